The summed E-state index contributed by atoms with van der Waals surface area (Å²) in [5, 5.41) is 4.40. The first-order valence-electron chi connectivity index (χ1n) is 11.8. The molecular weight excluding hydrogens is 490 g/mol. The van der Waals surface area contributed by atoms with Crippen LogP contribution in [0, 0.1) is 6.92 Å². The number of aromatic nitrogens is 2. The molecule has 1 amide bonds. The number of hydrogen-bond donors (Lipinski definition) is 1. The van der Waals surface area contributed by atoms with Crippen LogP contribution in [-0.4, -0.2) is 60.6 Å². The summed E-state index contributed by atoms with van der Waals surface area (Å²) in [6.07, 6.45) is 4.18. The number of fused-ring (bicyclic) bond motifs is 3. The molecule has 1 N–H and O–H groups in total. The molecule has 5 rings (SSSR count). The maximum Gasteiger partial charge on any atom is 0.255 e. The minimum Gasteiger partial charge on any atom is -0.369 e. The van der Waals surface area contributed by atoms with Gasteiger partial charge in [0.25, 0.3) is 5.56 Å². The topological polar surface area (TPSA) is 105 Å². The number of piperazine rings is 1. The van der Waals surface area contributed by atoms with Gasteiger partial charge in [0.2, 0.25) is 15.9 Å². The van der Waals surface area contributed by atoms with E-state index in [1.807, 2.05) is 37.3 Å². The van der Waals surface area contributed by atoms with Gasteiger partial charge in [-0.3, -0.25) is 19.1 Å². The number of amides is 1. The zero-order valence-corrected chi connectivity index (χ0v) is 21.5. The van der Waals surface area contributed by atoms with Crippen molar-refractivity contribution in [2.75, 3.05) is 42.7 Å². The van der Waals surface area contributed by atoms with Gasteiger partial charge in [-0.25, -0.2) is 8.42 Å². The highest BCUT2D eigenvalue weighted by molar-refractivity contribution is 7.88. The molecule has 0 unspecified atom stereocenters. The third-order valence-electron chi connectivity index (χ3n) is 6.70. The van der Waals surface area contributed by atoms with Crippen LogP contribution < -0.4 is 15.8 Å². The van der Waals surface area contributed by atoms with Crippen molar-refractivity contribution in [2.45, 2.75) is 6.92 Å². The molecule has 190 valence electrons. The van der Waals surface area contributed by atoms with Gasteiger partial charge in [-0.1, -0.05) is 12.6 Å². The predicted molar refractivity (Wildman–Crippen MR) is 147 cm³/mol. The number of nitrogens with zero attached hydrogens (tertiary/aromatic N) is 4. The smallest absolute Gasteiger partial charge is 0.255 e. The normalized spacial score (nSPS) is 14.7. The van der Waals surface area contributed by atoms with Gasteiger partial charge in [-0.2, -0.15) is 4.31 Å². The van der Waals surface area contributed by atoms with Gasteiger partial charge in [-0.15, -0.1) is 0 Å². The molecule has 1 fully saturated rings. The Labute approximate surface area is 214 Å². The molecule has 1 saturated heterocycles. The van der Waals surface area contributed by atoms with Crippen molar-refractivity contribution in [1.82, 2.24) is 13.9 Å². The Balaban J connectivity index is 1.65. The Morgan fingerprint density at radius 1 is 1.03 bits per heavy atom. The van der Waals surface area contributed by atoms with Crippen LogP contribution >= 0.6 is 0 Å². The number of carbonyl (C=O) groups is 1. The van der Waals surface area contributed by atoms with E-state index in [9.17, 15) is 18.0 Å². The van der Waals surface area contributed by atoms with E-state index >= 15 is 0 Å². The molecule has 0 radical (unpaired) electrons. The van der Waals surface area contributed by atoms with Crippen LogP contribution in [0.3, 0.4) is 0 Å². The van der Waals surface area contributed by atoms with E-state index in [0.29, 0.717) is 43.1 Å². The number of rotatable bonds is 5. The lowest BCUT2D eigenvalue weighted by Gasteiger charge is -2.34. The van der Waals surface area contributed by atoms with Gasteiger partial charge in [0.05, 0.1) is 23.0 Å². The van der Waals surface area contributed by atoms with Crippen LogP contribution in [0.2, 0.25) is 0 Å². The van der Waals surface area contributed by atoms with Crippen molar-refractivity contribution in [2.24, 2.45) is 0 Å². The molecule has 1 aliphatic rings. The molecule has 0 spiro atoms. The number of pyridine rings is 2. The molecule has 10 heteroatoms. The molecule has 0 atom stereocenters. The molecule has 0 saturated carbocycles. The van der Waals surface area contributed by atoms with Gasteiger partial charge in [0, 0.05) is 60.6 Å². The number of aryl methyl sites for hydroxylation is 1. The molecule has 2 aromatic carbocycles. The molecule has 0 bridgehead atoms. The summed E-state index contributed by atoms with van der Waals surface area (Å²) in [5.74, 6) is -0.333. The number of carbonyl (C=O) groups excluding carboxylic acids is 1. The van der Waals surface area contributed by atoms with Crippen molar-refractivity contribution in [3.8, 4) is 5.69 Å². The van der Waals surface area contributed by atoms with E-state index < -0.39 is 10.0 Å². The number of benzene rings is 2. The van der Waals surface area contributed by atoms with E-state index in [0.717, 1.165) is 27.5 Å². The number of anilines is 2. The Morgan fingerprint density at radius 2 is 1.76 bits per heavy atom. The summed E-state index contributed by atoms with van der Waals surface area (Å²) in [6.45, 7) is 7.34. The maximum absolute atomic E-state index is 13.2. The second-order valence-corrected chi connectivity index (χ2v) is 11.1. The second-order valence-electron chi connectivity index (χ2n) is 9.11. The summed E-state index contributed by atoms with van der Waals surface area (Å²) in [6, 6.07) is 14.6. The summed E-state index contributed by atoms with van der Waals surface area (Å²) >= 11 is 0. The molecule has 3 heterocycles. The molecular formula is C27H27N5O4S. The van der Waals surface area contributed by atoms with Gasteiger partial charge >= 0.3 is 0 Å². The average molecular weight is 518 g/mol. The Bertz CT molecular complexity index is 1720. The van der Waals surface area contributed by atoms with Crippen LogP contribution in [0.1, 0.15) is 5.56 Å². The highest BCUT2D eigenvalue weighted by atomic mass is 32.2. The first kappa shape index (κ1) is 24.7. The van der Waals surface area contributed by atoms with Gasteiger partial charge < -0.3 is 10.2 Å². The van der Waals surface area contributed by atoms with Crippen molar-refractivity contribution < 1.29 is 13.2 Å². The zero-order chi connectivity index (χ0) is 26.3. The molecule has 1 aliphatic heterocycles. The van der Waals surface area contributed by atoms with Crippen molar-refractivity contribution >= 4 is 49.1 Å². The van der Waals surface area contributed by atoms with Crippen molar-refractivity contribution in [3.63, 3.8) is 0 Å². The van der Waals surface area contributed by atoms with Crippen LogP contribution in [0.4, 0.5) is 11.4 Å². The van der Waals surface area contributed by atoms with E-state index in [1.165, 1.54) is 22.7 Å². The third-order valence-corrected chi connectivity index (χ3v) is 8.00. The second kappa shape index (κ2) is 9.45. The van der Waals surface area contributed by atoms with Crippen LogP contribution in [0.5, 0.6) is 0 Å². The van der Waals surface area contributed by atoms with Crippen LogP contribution in [-0.2, 0) is 14.8 Å². The fourth-order valence-corrected chi connectivity index (χ4v) is 5.52. The van der Waals surface area contributed by atoms with E-state index in [2.05, 4.69) is 21.8 Å². The molecule has 4 aromatic rings. The largest absolute Gasteiger partial charge is 0.369 e. The molecule has 37 heavy (non-hydrogen) atoms. The number of hydrogen-bond acceptors (Lipinski definition) is 6. The SMILES string of the molecule is C=CC(=O)Nc1cc(-n2c(=O)ccc3cnc4ccc(N5CCN(S(C)(=O)=O)CC5)cc4c32)ccc1C. The van der Waals surface area contributed by atoms with E-state index in [-0.39, 0.29) is 11.5 Å². The summed E-state index contributed by atoms with van der Waals surface area (Å²) in [5.41, 5.74) is 4.22. The van der Waals surface area contributed by atoms with Crippen LogP contribution in [0.15, 0.2) is 72.2 Å². The third kappa shape index (κ3) is 4.73. The number of sulfonamides is 1. The Morgan fingerprint density at radius 3 is 2.46 bits per heavy atom. The lowest BCUT2D eigenvalue weighted by Crippen LogP contribution is -2.48. The quantitative estimate of drug-likeness (QED) is 0.322. The number of nitrogens with one attached hydrogen (secondary N) is 1. The Hall–Kier alpha value is -4.02. The Kier molecular flexibility index (Phi) is 6.30. The highest BCUT2D eigenvalue weighted by Crippen LogP contribution is 2.30. The van der Waals surface area contributed by atoms with Crippen molar-refractivity contribution in [3.05, 3.63) is 83.3 Å². The van der Waals surface area contributed by atoms with Crippen molar-refractivity contribution in [1.29, 1.82) is 0 Å². The summed E-state index contributed by atoms with van der Waals surface area (Å²) in [4.78, 5) is 31.9. The summed E-state index contributed by atoms with van der Waals surface area (Å²) < 4.78 is 26.9. The average Bonchev–Trinajstić information content (AvgIpc) is 2.89. The monoisotopic (exact) mass is 517 g/mol. The van der Waals surface area contributed by atoms with Gasteiger partial charge in [0.1, 0.15) is 0 Å². The molecule has 0 aliphatic carbocycles. The van der Waals surface area contributed by atoms with Gasteiger partial charge in [-0.05, 0) is 55.0 Å². The van der Waals surface area contributed by atoms with Crippen LogP contribution in [0.25, 0.3) is 27.5 Å². The maximum atomic E-state index is 13.2. The molecule has 9 nitrogen and oxygen atoms in total. The van der Waals surface area contributed by atoms with E-state index in [4.69, 9.17) is 0 Å². The van der Waals surface area contributed by atoms with Gasteiger partial charge in [0.15, 0.2) is 0 Å². The van der Waals surface area contributed by atoms with E-state index in [1.54, 1.807) is 22.9 Å². The first-order chi connectivity index (χ1) is 17.7. The predicted octanol–water partition coefficient (Wildman–Crippen LogP) is 3.05. The standard InChI is InChI=1S/C27H27N5O4S/c1-4-25(33)29-24-16-21(7-5-18(24)2)32-26(34)10-6-19-17-28-23-9-8-20(15-22(23)27(19)32)30-11-13-31(14-12-30)37(3,35)36/h4-10,15-17H,1,11-14H2,2-3H3,(H,29,33). The first-order valence-corrected chi connectivity index (χ1v) is 13.7. The fraction of sp³-hybridized carbons (Fsp3) is 0.222. The highest BCUT2D eigenvalue weighted by Gasteiger charge is 2.24. The summed E-state index contributed by atoms with van der Waals surface area (Å²) in [7, 11) is -3.23. The zero-order valence-electron chi connectivity index (χ0n) is 20.6. The lowest BCUT2D eigenvalue weighted by molar-refractivity contribution is -0.111. The minimum atomic E-state index is -3.23. The minimum absolute atomic E-state index is 0.211. The lowest BCUT2D eigenvalue weighted by atomic mass is 10.1. The fourth-order valence-electron chi connectivity index (χ4n) is 4.70. The molecule has 2 aromatic heterocycles.